The van der Waals surface area contributed by atoms with Gasteiger partial charge in [0.05, 0.1) is 4.90 Å². The van der Waals surface area contributed by atoms with Crippen LogP contribution in [0.2, 0.25) is 0 Å². The van der Waals surface area contributed by atoms with Gasteiger partial charge in [0.15, 0.2) is 0 Å². The molecular weight excluding hydrogens is 313 g/mol. The Labute approximate surface area is 136 Å². The quantitative estimate of drug-likeness (QED) is 0.910. The first-order valence-corrected chi connectivity index (χ1v) is 9.23. The van der Waals surface area contributed by atoms with Gasteiger partial charge in [0.25, 0.3) is 0 Å². The summed E-state index contributed by atoms with van der Waals surface area (Å²) in [5, 5.41) is 0. The molecule has 0 saturated heterocycles. The van der Waals surface area contributed by atoms with Crippen molar-refractivity contribution in [2.24, 2.45) is 0 Å². The first-order valence-electron chi connectivity index (χ1n) is 7.74. The van der Waals surface area contributed by atoms with Crippen LogP contribution < -0.4 is 4.72 Å². The van der Waals surface area contributed by atoms with Crippen LogP contribution >= 0.6 is 0 Å². The average Bonchev–Trinajstić information content (AvgIpc) is 2.46. The minimum atomic E-state index is -3.64. The van der Waals surface area contributed by atoms with E-state index in [1.807, 2.05) is 18.2 Å². The monoisotopic (exact) mass is 333 g/mol. The topological polar surface area (TPSA) is 46.2 Å². The molecule has 122 valence electrons. The summed E-state index contributed by atoms with van der Waals surface area (Å²) in [5.74, 6) is -0.429. The predicted molar refractivity (Wildman–Crippen MR) is 88.3 cm³/mol. The van der Waals surface area contributed by atoms with Gasteiger partial charge in [-0.3, -0.25) is 0 Å². The third-order valence-corrected chi connectivity index (χ3v) is 6.29. The van der Waals surface area contributed by atoms with E-state index in [1.54, 1.807) is 6.92 Å². The Bertz CT molecular complexity index is 799. The molecule has 5 heteroatoms. The Morgan fingerprint density at radius 1 is 1.13 bits per heavy atom. The summed E-state index contributed by atoms with van der Waals surface area (Å²) in [6.07, 6.45) is 3.05. The highest BCUT2D eigenvalue weighted by Gasteiger charge is 2.39. The molecule has 1 N–H and O–H groups in total. The van der Waals surface area contributed by atoms with Crippen LogP contribution in [0.3, 0.4) is 0 Å². The number of hydrogen-bond acceptors (Lipinski definition) is 2. The van der Waals surface area contributed by atoms with Crippen LogP contribution in [-0.2, 0) is 15.4 Å². The zero-order chi connectivity index (χ0) is 16.5. The SMILES string of the molecule is Cc1cc(F)ccc1S(=O)(=O)NCC1(c2ccccc2)CCC1. The predicted octanol–water partition coefficient (Wildman–Crippen LogP) is 3.53. The van der Waals surface area contributed by atoms with E-state index in [0.29, 0.717) is 12.1 Å². The Morgan fingerprint density at radius 3 is 2.39 bits per heavy atom. The van der Waals surface area contributed by atoms with E-state index in [2.05, 4.69) is 16.9 Å². The van der Waals surface area contributed by atoms with Crippen molar-refractivity contribution in [1.29, 1.82) is 0 Å². The van der Waals surface area contributed by atoms with Crippen LogP contribution in [0.1, 0.15) is 30.4 Å². The summed E-state index contributed by atoms with van der Waals surface area (Å²) in [7, 11) is -3.64. The van der Waals surface area contributed by atoms with Crippen molar-refractivity contribution in [3.63, 3.8) is 0 Å². The molecule has 23 heavy (non-hydrogen) atoms. The minimum absolute atomic E-state index is 0.123. The minimum Gasteiger partial charge on any atom is -0.210 e. The molecule has 0 spiro atoms. The lowest BCUT2D eigenvalue weighted by molar-refractivity contribution is 0.245. The molecule has 0 atom stereocenters. The second-order valence-electron chi connectivity index (χ2n) is 6.23. The molecular formula is C18H20FNO2S. The lowest BCUT2D eigenvalue weighted by atomic mass is 9.64. The molecule has 2 aromatic carbocycles. The smallest absolute Gasteiger partial charge is 0.210 e. The van der Waals surface area contributed by atoms with Gasteiger partial charge in [0.2, 0.25) is 10.0 Å². The maximum Gasteiger partial charge on any atom is 0.240 e. The fourth-order valence-electron chi connectivity index (χ4n) is 3.19. The lowest BCUT2D eigenvalue weighted by Crippen LogP contribution is -2.45. The van der Waals surface area contributed by atoms with E-state index in [9.17, 15) is 12.8 Å². The van der Waals surface area contributed by atoms with Crippen molar-refractivity contribution in [1.82, 2.24) is 4.72 Å². The number of rotatable bonds is 5. The fraction of sp³-hybridized carbons (Fsp3) is 0.333. The van der Waals surface area contributed by atoms with Crippen LogP contribution in [-0.4, -0.2) is 15.0 Å². The number of halogens is 1. The Morgan fingerprint density at radius 2 is 1.83 bits per heavy atom. The first-order chi connectivity index (χ1) is 10.9. The summed E-state index contributed by atoms with van der Waals surface area (Å²) in [6, 6.07) is 13.8. The summed E-state index contributed by atoms with van der Waals surface area (Å²) in [6.45, 7) is 1.98. The highest BCUT2D eigenvalue weighted by atomic mass is 32.2. The van der Waals surface area contributed by atoms with Gasteiger partial charge in [0, 0.05) is 12.0 Å². The van der Waals surface area contributed by atoms with Crippen molar-refractivity contribution in [2.45, 2.75) is 36.5 Å². The standard InChI is InChI=1S/C18H20FNO2S/c1-14-12-16(19)8-9-17(14)23(21,22)20-13-18(10-5-11-18)15-6-3-2-4-7-15/h2-4,6-9,12,20H,5,10-11,13H2,1H3. The van der Waals surface area contributed by atoms with Gasteiger partial charge in [-0.2, -0.15) is 0 Å². The van der Waals surface area contributed by atoms with Crippen molar-refractivity contribution in [3.8, 4) is 0 Å². The van der Waals surface area contributed by atoms with E-state index < -0.39 is 15.8 Å². The Balaban J connectivity index is 1.81. The molecule has 0 aromatic heterocycles. The molecule has 0 aliphatic heterocycles. The number of aryl methyl sites for hydroxylation is 1. The highest BCUT2D eigenvalue weighted by molar-refractivity contribution is 7.89. The summed E-state index contributed by atoms with van der Waals surface area (Å²) in [4.78, 5) is 0.140. The summed E-state index contributed by atoms with van der Waals surface area (Å²) < 4.78 is 41.0. The largest absolute Gasteiger partial charge is 0.240 e. The van der Waals surface area contributed by atoms with Gasteiger partial charge >= 0.3 is 0 Å². The maximum atomic E-state index is 13.2. The van der Waals surface area contributed by atoms with Crippen molar-refractivity contribution in [3.05, 3.63) is 65.5 Å². The normalized spacial score (nSPS) is 16.8. The van der Waals surface area contributed by atoms with Crippen LogP contribution in [0.4, 0.5) is 4.39 Å². The van der Waals surface area contributed by atoms with E-state index in [4.69, 9.17) is 0 Å². The molecule has 2 aromatic rings. The number of benzene rings is 2. The van der Waals surface area contributed by atoms with Crippen LogP contribution in [0.15, 0.2) is 53.4 Å². The zero-order valence-corrected chi connectivity index (χ0v) is 13.9. The molecule has 0 radical (unpaired) electrons. The summed E-state index contributed by atoms with van der Waals surface area (Å²) in [5.41, 5.74) is 1.46. The molecule has 1 aliphatic rings. The molecule has 3 rings (SSSR count). The van der Waals surface area contributed by atoms with Crippen LogP contribution in [0.25, 0.3) is 0 Å². The number of hydrogen-bond donors (Lipinski definition) is 1. The maximum absolute atomic E-state index is 13.2. The van der Waals surface area contributed by atoms with Gasteiger partial charge in [-0.25, -0.2) is 17.5 Å². The van der Waals surface area contributed by atoms with Gasteiger partial charge in [-0.05, 0) is 49.1 Å². The number of nitrogens with one attached hydrogen (secondary N) is 1. The Kier molecular flexibility index (Phi) is 4.25. The molecule has 0 bridgehead atoms. The first kappa shape index (κ1) is 16.1. The van der Waals surface area contributed by atoms with E-state index in [0.717, 1.165) is 19.3 Å². The average molecular weight is 333 g/mol. The zero-order valence-electron chi connectivity index (χ0n) is 13.0. The Hall–Kier alpha value is -1.72. The van der Waals surface area contributed by atoms with Crippen LogP contribution in [0.5, 0.6) is 0 Å². The molecule has 3 nitrogen and oxygen atoms in total. The fourth-order valence-corrected chi connectivity index (χ4v) is 4.54. The van der Waals surface area contributed by atoms with Gasteiger partial charge in [-0.1, -0.05) is 36.8 Å². The second kappa shape index (κ2) is 6.06. The third-order valence-electron chi connectivity index (χ3n) is 4.72. The lowest BCUT2D eigenvalue weighted by Gasteiger charge is -2.42. The molecule has 0 heterocycles. The second-order valence-corrected chi connectivity index (χ2v) is 7.97. The van der Waals surface area contributed by atoms with Crippen molar-refractivity contribution < 1.29 is 12.8 Å². The van der Waals surface area contributed by atoms with Gasteiger partial charge in [0.1, 0.15) is 5.82 Å². The van der Waals surface area contributed by atoms with Gasteiger partial charge < -0.3 is 0 Å². The molecule has 1 aliphatic carbocycles. The van der Waals surface area contributed by atoms with Gasteiger partial charge in [-0.15, -0.1) is 0 Å². The molecule has 1 saturated carbocycles. The molecule has 1 fully saturated rings. The molecule has 0 unspecified atom stereocenters. The van der Waals surface area contributed by atoms with E-state index in [1.165, 1.54) is 23.8 Å². The highest BCUT2D eigenvalue weighted by Crippen LogP contribution is 2.43. The van der Waals surface area contributed by atoms with Crippen LogP contribution in [0, 0.1) is 12.7 Å². The summed E-state index contributed by atoms with van der Waals surface area (Å²) >= 11 is 0. The van der Waals surface area contributed by atoms with Crippen molar-refractivity contribution in [2.75, 3.05) is 6.54 Å². The van der Waals surface area contributed by atoms with Crippen molar-refractivity contribution >= 4 is 10.0 Å². The number of sulfonamides is 1. The van der Waals surface area contributed by atoms with E-state index in [-0.39, 0.29) is 10.3 Å². The molecule has 0 amide bonds. The van der Waals surface area contributed by atoms with E-state index >= 15 is 0 Å². The third kappa shape index (κ3) is 3.16.